The van der Waals surface area contributed by atoms with Crippen molar-refractivity contribution in [1.82, 2.24) is 5.32 Å². The van der Waals surface area contributed by atoms with Crippen LogP contribution < -0.4 is 5.32 Å². The second-order valence-corrected chi connectivity index (χ2v) is 6.92. The van der Waals surface area contributed by atoms with Crippen molar-refractivity contribution < 1.29 is 22.9 Å². The van der Waals surface area contributed by atoms with Crippen molar-refractivity contribution in [2.24, 2.45) is 0 Å². The lowest BCUT2D eigenvalue weighted by atomic mass is 10.1. The predicted octanol–water partition coefficient (Wildman–Crippen LogP) is -0.115. The Hall–Kier alpha value is -0.310. The smallest absolute Gasteiger partial charge is 0.267 e. The van der Waals surface area contributed by atoms with E-state index in [1.807, 2.05) is 0 Å². The van der Waals surface area contributed by atoms with E-state index in [1.165, 1.54) is 25.6 Å². The second kappa shape index (κ2) is 7.20. The molecular formula is C9H19NO5S2. The average Bonchev–Trinajstić information content (AvgIpc) is 2.07. The Morgan fingerprint density at radius 3 is 2.41 bits per heavy atom. The third-order valence-electron chi connectivity index (χ3n) is 1.73. The van der Waals surface area contributed by atoms with Crippen LogP contribution in [0.5, 0.6) is 0 Å². The standard InChI is InChI=1S/C9H19NO5S2/c1-9(2,7-17(13,14)15)10-8(12)3-5-16-6-4-11/h11H,3-7H2,1-2H3,(H,10,12)(H,13,14,15). The molecule has 0 heterocycles. The predicted molar refractivity (Wildman–Crippen MR) is 67.7 cm³/mol. The molecule has 102 valence electrons. The molecular weight excluding hydrogens is 266 g/mol. The van der Waals surface area contributed by atoms with Gasteiger partial charge in [-0.2, -0.15) is 20.2 Å². The van der Waals surface area contributed by atoms with Crippen LogP contribution >= 0.6 is 11.8 Å². The molecule has 0 aromatic heterocycles. The zero-order valence-corrected chi connectivity index (χ0v) is 11.6. The summed E-state index contributed by atoms with van der Waals surface area (Å²) in [6, 6.07) is 0. The number of aliphatic hydroxyl groups excluding tert-OH is 1. The Morgan fingerprint density at radius 1 is 1.35 bits per heavy atom. The van der Waals surface area contributed by atoms with Gasteiger partial charge in [0.2, 0.25) is 5.91 Å². The summed E-state index contributed by atoms with van der Waals surface area (Å²) < 4.78 is 30.1. The van der Waals surface area contributed by atoms with E-state index in [-0.39, 0.29) is 18.9 Å². The van der Waals surface area contributed by atoms with Crippen LogP contribution in [-0.4, -0.2) is 53.4 Å². The van der Waals surface area contributed by atoms with Crippen LogP contribution in [0.4, 0.5) is 0 Å². The van der Waals surface area contributed by atoms with Gasteiger partial charge in [-0.15, -0.1) is 0 Å². The fourth-order valence-corrected chi connectivity index (χ4v) is 2.91. The molecule has 0 unspecified atom stereocenters. The summed E-state index contributed by atoms with van der Waals surface area (Å²) in [5, 5.41) is 11.1. The maximum absolute atomic E-state index is 11.4. The molecule has 0 aliphatic carbocycles. The number of aliphatic hydroxyl groups is 1. The quantitative estimate of drug-likeness (QED) is 0.424. The molecule has 17 heavy (non-hydrogen) atoms. The number of hydrogen-bond acceptors (Lipinski definition) is 5. The molecule has 0 saturated heterocycles. The molecule has 0 aliphatic heterocycles. The number of carbonyl (C=O) groups is 1. The average molecular weight is 285 g/mol. The van der Waals surface area contributed by atoms with Gasteiger partial charge in [0.05, 0.1) is 17.9 Å². The van der Waals surface area contributed by atoms with Crippen LogP contribution in [0.15, 0.2) is 0 Å². The van der Waals surface area contributed by atoms with Crippen molar-refractivity contribution in [1.29, 1.82) is 0 Å². The minimum atomic E-state index is -4.11. The molecule has 0 saturated carbocycles. The SMILES string of the molecule is CC(C)(CS(=O)(=O)O)NC(=O)CCSCCO. The molecule has 0 radical (unpaired) electrons. The van der Waals surface area contributed by atoms with Gasteiger partial charge in [-0.3, -0.25) is 9.35 Å². The van der Waals surface area contributed by atoms with E-state index in [2.05, 4.69) is 5.32 Å². The van der Waals surface area contributed by atoms with Crippen LogP contribution in [0.1, 0.15) is 20.3 Å². The molecule has 1 amide bonds. The third kappa shape index (κ3) is 10.6. The van der Waals surface area contributed by atoms with Gasteiger partial charge >= 0.3 is 0 Å². The monoisotopic (exact) mass is 285 g/mol. The van der Waals surface area contributed by atoms with Crippen molar-refractivity contribution in [2.45, 2.75) is 25.8 Å². The number of hydrogen-bond donors (Lipinski definition) is 3. The van der Waals surface area contributed by atoms with E-state index in [0.717, 1.165) is 0 Å². The Morgan fingerprint density at radius 2 is 1.94 bits per heavy atom. The van der Waals surface area contributed by atoms with E-state index in [9.17, 15) is 13.2 Å². The molecule has 0 aromatic carbocycles. The normalized spacial score (nSPS) is 12.5. The number of thioether (sulfide) groups is 1. The summed E-state index contributed by atoms with van der Waals surface area (Å²) in [6.07, 6.45) is 0.250. The first-order valence-corrected chi connectivity index (χ1v) is 7.87. The highest BCUT2D eigenvalue weighted by atomic mass is 32.2. The van der Waals surface area contributed by atoms with E-state index in [1.54, 1.807) is 0 Å². The molecule has 0 rings (SSSR count). The summed E-state index contributed by atoms with van der Waals surface area (Å²) in [7, 11) is -4.11. The maximum Gasteiger partial charge on any atom is 0.267 e. The van der Waals surface area contributed by atoms with Crippen LogP contribution in [0.2, 0.25) is 0 Å². The van der Waals surface area contributed by atoms with Crippen LogP contribution in [0.25, 0.3) is 0 Å². The zero-order valence-electron chi connectivity index (χ0n) is 9.97. The van der Waals surface area contributed by atoms with Crippen LogP contribution in [-0.2, 0) is 14.9 Å². The Kier molecular flexibility index (Phi) is 7.07. The van der Waals surface area contributed by atoms with E-state index in [0.29, 0.717) is 11.5 Å². The first kappa shape index (κ1) is 16.7. The van der Waals surface area contributed by atoms with Crippen molar-refractivity contribution in [2.75, 3.05) is 23.9 Å². The zero-order chi connectivity index (χ0) is 13.5. The largest absolute Gasteiger partial charge is 0.396 e. The number of amides is 1. The maximum atomic E-state index is 11.4. The molecule has 6 nitrogen and oxygen atoms in total. The first-order chi connectivity index (χ1) is 7.66. The summed E-state index contributed by atoms with van der Waals surface area (Å²) >= 11 is 1.44. The van der Waals surface area contributed by atoms with Gasteiger partial charge in [0.15, 0.2) is 0 Å². The number of nitrogens with one attached hydrogen (secondary N) is 1. The third-order valence-corrected chi connectivity index (χ3v) is 3.78. The van der Waals surface area contributed by atoms with Crippen LogP contribution in [0, 0.1) is 0 Å². The molecule has 3 N–H and O–H groups in total. The Balaban J connectivity index is 4.01. The Bertz CT molecular complexity index is 339. The van der Waals surface area contributed by atoms with Crippen molar-refractivity contribution in [3.63, 3.8) is 0 Å². The molecule has 0 aromatic rings. The van der Waals surface area contributed by atoms with Crippen LogP contribution in [0.3, 0.4) is 0 Å². The second-order valence-electron chi connectivity index (χ2n) is 4.24. The van der Waals surface area contributed by atoms with Gasteiger partial charge in [0.25, 0.3) is 10.1 Å². The fraction of sp³-hybridized carbons (Fsp3) is 0.889. The van der Waals surface area contributed by atoms with Gasteiger partial charge in [-0.1, -0.05) is 0 Å². The summed E-state index contributed by atoms with van der Waals surface area (Å²) in [5.41, 5.74) is -0.994. The summed E-state index contributed by atoms with van der Waals surface area (Å²) in [6.45, 7) is 3.12. The number of rotatable bonds is 8. The molecule has 0 fully saturated rings. The highest BCUT2D eigenvalue weighted by Gasteiger charge is 2.26. The van der Waals surface area contributed by atoms with E-state index >= 15 is 0 Å². The van der Waals surface area contributed by atoms with Gasteiger partial charge in [0.1, 0.15) is 0 Å². The van der Waals surface area contributed by atoms with Crippen molar-refractivity contribution >= 4 is 27.8 Å². The van der Waals surface area contributed by atoms with Gasteiger partial charge in [0, 0.05) is 17.9 Å². The molecule has 0 spiro atoms. The lowest BCUT2D eigenvalue weighted by Gasteiger charge is -2.24. The van der Waals surface area contributed by atoms with Crippen molar-refractivity contribution in [3.8, 4) is 0 Å². The van der Waals surface area contributed by atoms with Gasteiger partial charge in [-0.25, -0.2) is 0 Å². The van der Waals surface area contributed by atoms with E-state index < -0.39 is 21.4 Å². The van der Waals surface area contributed by atoms with Gasteiger partial charge < -0.3 is 10.4 Å². The molecule has 0 bridgehead atoms. The molecule has 8 heteroatoms. The summed E-state index contributed by atoms with van der Waals surface area (Å²) in [4.78, 5) is 11.4. The molecule has 0 aliphatic rings. The lowest BCUT2D eigenvalue weighted by molar-refractivity contribution is -0.122. The highest BCUT2D eigenvalue weighted by molar-refractivity contribution is 7.99. The minimum absolute atomic E-state index is 0.0700. The summed E-state index contributed by atoms with van der Waals surface area (Å²) in [5.74, 6) is 0.343. The first-order valence-electron chi connectivity index (χ1n) is 5.11. The van der Waals surface area contributed by atoms with Gasteiger partial charge in [-0.05, 0) is 13.8 Å². The van der Waals surface area contributed by atoms with Crippen molar-refractivity contribution in [3.05, 3.63) is 0 Å². The number of carbonyl (C=O) groups excluding carboxylic acids is 1. The minimum Gasteiger partial charge on any atom is -0.396 e. The van der Waals surface area contributed by atoms with E-state index in [4.69, 9.17) is 9.66 Å². The molecule has 0 atom stereocenters. The lowest BCUT2D eigenvalue weighted by Crippen LogP contribution is -2.48. The highest BCUT2D eigenvalue weighted by Crippen LogP contribution is 2.07. The topological polar surface area (TPSA) is 104 Å². The fourth-order valence-electron chi connectivity index (χ4n) is 1.26. The Labute approximate surface area is 106 Å².